The van der Waals surface area contributed by atoms with E-state index in [2.05, 4.69) is 4.74 Å². The first-order valence-corrected chi connectivity index (χ1v) is 4.79. The van der Waals surface area contributed by atoms with E-state index in [0.717, 1.165) is 0 Å². The molecule has 0 saturated carbocycles. The minimum atomic E-state index is -1.45. The Hall–Kier alpha value is -1.21. The van der Waals surface area contributed by atoms with E-state index < -0.39 is 12.1 Å². The number of ether oxygens (including phenoxy) is 1. The lowest BCUT2D eigenvalue weighted by Crippen LogP contribution is -2.58. The van der Waals surface area contributed by atoms with Crippen LogP contribution in [0.15, 0.2) is 11.3 Å². The highest BCUT2D eigenvalue weighted by Crippen LogP contribution is 2.44. The molecule has 2 heterocycles. The summed E-state index contributed by atoms with van der Waals surface area (Å²) in [5, 5.41) is 18.4. The number of hydrogen-bond acceptors (Lipinski definition) is 5. The van der Waals surface area contributed by atoms with Gasteiger partial charge in [0.25, 0.3) is 0 Å². The molecule has 0 aromatic heterocycles. The lowest BCUT2D eigenvalue weighted by Gasteiger charge is -2.40. The summed E-state index contributed by atoms with van der Waals surface area (Å²) in [6.45, 7) is -0.221. The smallest absolute Gasteiger partial charge is 0.449 e. The van der Waals surface area contributed by atoms with E-state index >= 15 is 0 Å². The van der Waals surface area contributed by atoms with Crippen LogP contribution in [0.2, 0.25) is 0 Å². The number of fused-ring (bicyclic) bond motifs is 1. The highest BCUT2D eigenvalue weighted by atomic mass is 32.2. The number of hydrogen-bond donors (Lipinski definition) is 2. The van der Waals surface area contributed by atoms with Crippen LogP contribution in [0.5, 0.6) is 0 Å². The summed E-state index contributed by atoms with van der Waals surface area (Å²) in [4.78, 5) is 22.8. The number of carboxylic acid groups (broad SMARTS) is 1. The number of thioether (sulfide) groups is 1. The number of carbonyl (C=O) groups excluding carboxylic acids is 1. The number of amides is 1. The molecular weight excluding hydrogens is 210 g/mol. The Kier molecular flexibility index (Phi) is 2.12. The van der Waals surface area contributed by atoms with Crippen molar-refractivity contribution < 1.29 is 24.5 Å². The van der Waals surface area contributed by atoms with Gasteiger partial charge >= 0.3 is 6.16 Å². The van der Waals surface area contributed by atoms with Crippen molar-refractivity contribution in [3.63, 3.8) is 0 Å². The average molecular weight is 217 g/mol. The van der Waals surface area contributed by atoms with Gasteiger partial charge in [-0.3, -0.25) is 9.69 Å². The van der Waals surface area contributed by atoms with Crippen LogP contribution in [0, 0.1) is 5.92 Å². The molecule has 2 rings (SSSR count). The molecule has 2 aliphatic rings. The van der Waals surface area contributed by atoms with Gasteiger partial charge in [0, 0.05) is 5.41 Å². The van der Waals surface area contributed by atoms with Gasteiger partial charge in [-0.15, -0.1) is 11.8 Å². The van der Waals surface area contributed by atoms with Gasteiger partial charge in [-0.1, -0.05) is 0 Å². The van der Waals surface area contributed by atoms with E-state index in [1.165, 1.54) is 22.1 Å². The molecule has 0 aromatic carbocycles. The third-order valence-corrected chi connectivity index (χ3v) is 3.24. The van der Waals surface area contributed by atoms with Crippen LogP contribution in [-0.4, -0.2) is 39.2 Å². The van der Waals surface area contributed by atoms with E-state index in [1.807, 2.05) is 0 Å². The van der Waals surface area contributed by atoms with Crippen molar-refractivity contribution >= 4 is 23.8 Å². The molecular formula is C7H7NO5S. The Labute approximate surface area is 83.1 Å². The van der Waals surface area contributed by atoms with Gasteiger partial charge in [0.05, 0.1) is 12.5 Å². The molecule has 0 aromatic rings. The number of nitrogens with zero attached hydrogens (tertiary/aromatic N) is 1. The highest BCUT2D eigenvalue weighted by molar-refractivity contribution is 8.03. The molecule has 0 spiro atoms. The summed E-state index contributed by atoms with van der Waals surface area (Å²) in [6, 6.07) is 0. The molecule has 7 heteroatoms. The maximum Gasteiger partial charge on any atom is 0.512 e. The van der Waals surface area contributed by atoms with Crippen LogP contribution in [0.3, 0.4) is 0 Å². The van der Waals surface area contributed by atoms with Gasteiger partial charge in [0.2, 0.25) is 11.8 Å². The Bertz CT molecular complexity index is 328. The molecule has 0 aliphatic carbocycles. The molecule has 2 N–H and O–H groups in total. The second-order valence-electron chi connectivity index (χ2n) is 2.85. The summed E-state index contributed by atoms with van der Waals surface area (Å²) >= 11 is 1.27. The third kappa shape index (κ3) is 1.17. The summed E-state index contributed by atoms with van der Waals surface area (Å²) in [5.74, 6) is -0.705. The van der Waals surface area contributed by atoms with Gasteiger partial charge in [0.1, 0.15) is 5.37 Å². The Morgan fingerprint density at radius 2 is 2.43 bits per heavy atom. The summed E-state index contributed by atoms with van der Waals surface area (Å²) in [5.41, 5.74) is 0. The second-order valence-corrected chi connectivity index (χ2v) is 3.84. The first-order chi connectivity index (χ1) is 6.65. The number of rotatable bonds is 2. The molecule has 0 bridgehead atoms. The number of aliphatic hydroxyl groups is 1. The van der Waals surface area contributed by atoms with Crippen LogP contribution < -0.4 is 0 Å². The fourth-order valence-electron chi connectivity index (χ4n) is 1.43. The molecule has 6 nitrogen and oxygen atoms in total. The molecule has 76 valence electrons. The van der Waals surface area contributed by atoms with E-state index in [1.54, 1.807) is 0 Å². The van der Waals surface area contributed by atoms with Crippen molar-refractivity contribution in [1.29, 1.82) is 0 Å². The maximum atomic E-state index is 11.3. The van der Waals surface area contributed by atoms with Crippen molar-refractivity contribution in [1.82, 2.24) is 4.90 Å². The topological polar surface area (TPSA) is 87.1 Å². The first-order valence-electron chi connectivity index (χ1n) is 3.85. The van der Waals surface area contributed by atoms with Crippen LogP contribution in [-0.2, 0) is 9.53 Å². The van der Waals surface area contributed by atoms with Gasteiger partial charge < -0.3 is 14.9 Å². The molecule has 0 unspecified atom stereocenters. The van der Waals surface area contributed by atoms with Crippen molar-refractivity contribution in [3.05, 3.63) is 11.3 Å². The largest absolute Gasteiger partial charge is 0.512 e. The number of carbonyl (C=O) groups is 2. The molecule has 1 amide bonds. The molecule has 2 atom stereocenters. The van der Waals surface area contributed by atoms with Crippen LogP contribution in [0.25, 0.3) is 0 Å². The van der Waals surface area contributed by atoms with Gasteiger partial charge in [-0.25, -0.2) is 4.79 Å². The first kappa shape index (κ1) is 9.35. The Morgan fingerprint density at radius 1 is 1.71 bits per heavy atom. The van der Waals surface area contributed by atoms with Crippen molar-refractivity contribution in [2.24, 2.45) is 5.92 Å². The van der Waals surface area contributed by atoms with E-state index in [0.29, 0.717) is 0 Å². The summed E-state index contributed by atoms with van der Waals surface area (Å²) in [6.07, 6.45) is -1.45. The normalized spacial score (nSPS) is 29.4. The molecule has 14 heavy (non-hydrogen) atoms. The average Bonchev–Trinajstić information content (AvgIpc) is 2.43. The van der Waals surface area contributed by atoms with Crippen LogP contribution in [0.1, 0.15) is 0 Å². The quantitative estimate of drug-likeness (QED) is 0.500. The lowest BCUT2D eigenvalue weighted by molar-refractivity contribution is -0.151. The van der Waals surface area contributed by atoms with Gasteiger partial charge in [-0.05, 0) is 0 Å². The van der Waals surface area contributed by atoms with Crippen molar-refractivity contribution in [2.45, 2.75) is 5.37 Å². The summed E-state index contributed by atoms with van der Waals surface area (Å²) in [7, 11) is 0. The fraction of sp³-hybridized carbons (Fsp3) is 0.429. The lowest BCUT2D eigenvalue weighted by atomic mass is 10.0. The predicted octanol–water partition coefficient (Wildman–Crippen LogP) is 0.00350. The van der Waals surface area contributed by atoms with Gasteiger partial charge in [0.15, 0.2) is 0 Å². The zero-order valence-electron chi connectivity index (χ0n) is 6.91. The predicted molar refractivity (Wildman–Crippen MR) is 46.0 cm³/mol. The van der Waals surface area contributed by atoms with Crippen molar-refractivity contribution in [3.8, 4) is 0 Å². The minimum Gasteiger partial charge on any atom is -0.449 e. The fourth-order valence-corrected chi connectivity index (χ4v) is 2.57. The van der Waals surface area contributed by atoms with Gasteiger partial charge in [-0.2, -0.15) is 0 Å². The second kappa shape index (κ2) is 3.18. The van der Waals surface area contributed by atoms with E-state index in [9.17, 15) is 9.59 Å². The van der Waals surface area contributed by atoms with E-state index in [-0.39, 0.29) is 23.8 Å². The molecule has 1 saturated heterocycles. The molecule has 2 aliphatic heterocycles. The standard InChI is InChI=1S/C7H7NO5S/c9-1-3-5(10)8-4(13-7(11)12)2-14-6(3)8/h2-3,6,9H,1H2,(H,11,12)/t3-,6-/m1/s1. The highest BCUT2D eigenvalue weighted by Gasteiger charge is 2.52. The minimum absolute atomic E-state index is 0.0298. The monoisotopic (exact) mass is 217 g/mol. The molecule has 1 fully saturated rings. The number of aliphatic hydroxyl groups excluding tert-OH is 1. The molecule has 0 radical (unpaired) electrons. The zero-order valence-corrected chi connectivity index (χ0v) is 7.73. The Balaban J connectivity index is 2.06. The SMILES string of the molecule is O=C(O)OC1=CS[C@@H]2[C@H](CO)C(=O)N12. The number of β-lactam (4-membered cyclic amide) rings is 1. The zero-order chi connectivity index (χ0) is 10.3. The van der Waals surface area contributed by atoms with Crippen LogP contribution in [0.4, 0.5) is 4.79 Å². The Morgan fingerprint density at radius 3 is 3.00 bits per heavy atom. The van der Waals surface area contributed by atoms with Crippen LogP contribution >= 0.6 is 11.8 Å². The van der Waals surface area contributed by atoms with E-state index in [4.69, 9.17) is 10.2 Å². The van der Waals surface area contributed by atoms with Crippen molar-refractivity contribution in [2.75, 3.05) is 6.61 Å². The summed E-state index contributed by atoms with van der Waals surface area (Å²) < 4.78 is 4.39. The third-order valence-electron chi connectivity index (χ3n) is 2.09. The maximum absolute atomic E-state index is 11.3.